The summed E-state index contributed by atoms with van der Waals surface area (Å²) in [4.78, 5) is 16.0. The van der Waals surface area contributed by atoms with Gasteiger partial charge in [-0.25, -0.2) is 10.0 Å². The lowest BCUT2D eigenvalue weighted by molar-refractivity contribution is -0.384. The summed E-state index contributed by atoms with van der Waals surface area (Å²) in [7, 11) is 1.99. The summed E-state index contributed by atoms with van der Waals surface area (Å²) in [6.45, 7) is 0. The van der Waals surface area contributed by atoms with E-state index in [9.17, 15) is 10.1 Å². The molecule has 122 valence electrons. The highest BCUT2D eigenvalue weighted by molar-refractivity contribution is 5.99. The Morgan fingerprint density at radius 2 is 1.88 bits per heavy atom. The first-order valence-corrected chi connectivity index (χ1v) is 7.71. The number of rotatable bonds is 3. The van der Waals surface area contributed by atoms with Gasteiger partial charge in [-0.1, -0.05) is 47.6 Å². The Balaban J connectivity index is 1.59. The molecule has 0 bridgehead atoms. The van der Waals surface area contributed by atoms with Gasteiger partial charge in [-0.3, -0.25) is 10.1 Å². The van der Waals surface area contributed by atoms with Gasteiger partial charge in [0.2, 0.25) is 6.23 Å². The van der Waals surface area contributed by atoms with E-state index < -0.39 is 0 Å². The maximum Gasteiger partial charge on any atom is 0.269 e. The fourth-order valence-corrected chi connectivity index (χ4v) is 3.26. The van der Waals surface area contributed by atoms with Crippen LogP contribution in [0.25, 0.3) is 0 Å². The van der Waals surface area contributed by atoms with Crippen molar-refractivity contribution in [3.63, 3.8) is 0 Å². The summed E-state index contributed by atoms with van der Waals surface area (Å²) in [5.74, 6) is 0.785. The van der Waals surface area contributed by atoms with Gasteiger partial charge in [-0.15, -0.1) is 0 Å². The Hall–Kier alpha value is -2.93. The zero-order valence-corrected chi connectivity index (χ0v) is 13.1. The van der Waals surface area contributed by atoms with E-state index in [1.165, 1.54) is 0 Å². The van der Waals surface area contributed by atoms with Gasteiger partial charge in [-0.2, -0.15) is 0 Å². The van der Waals surface area contributed by atoms with Crippen molar-refractivity contribution >= 4 is 11.5 Å². The number of fused-ring (bicyclic) bond motifs is 1. The largest absolute Gasteiger partial charge is 0.367 e. The molecule has 0 spiro atoms. The zero-order chi connectivity index (χ0) is 16.7. The first-order valence-electron chi connectivity index (χ1n) is 7.71. The monoisotopic (exact) mass is 324 g/mol. The fourth-order valence-electron chi connectivity index (χ4n) is 3.26. The molecule has 1 fully saturated rings. The highest BCUT2D eigenvalue weighted by atomic mass is 16.7. The molecule has 2 aliphatic heterocycles. The Morgan fingerprint density at radius 3 is 2.54 bits per heavy atom. The van der Waals surface area contributed by atoms with Crippen molar-refractivity contribution in [1.29, 1.82) is 0 Å². The third-order valence-corrected chi connectivity index (χ3v) is 4.49. The Morgan fingerprint density at radius 1 is 1.17 bits per heavy atom. The first kappa shape index (κ1) is 14.6. The molecular weight excluding hydrogens is 308 g/mol. The van der Waals surface area contributed by atoms with Crippen molar-refractivity contribution in [1.82, 2.24) is 10.0 Å². The van der Waals surface area contributed by atoms with Crippen molar-refractivity contribution < 1.29 is 9.76 Å². The summed E-state index contributed by atoms with van der Waals surface area (Å²) in [6, 6.07) is 16.7. The minimum absolute atomic E-state index is 0.0880. The maximum atomic E-state index is 10.8. The molecular formula is C17H16N4O3. The summed E-state index contributed by atoms with van der Waals surface area (Å²) in [5.41, 5.74) is 2.12. The van der Waals surface area contributed by atoms with E-state index in [2.05, 4.69) is 10.2 Å². The van der Waals surface area contributed by atoms with Crippen molar-refractivity contribution in [2.45, 2.75) is 18.7 Å². The van der Waals surface area contributed by atoms with Crippen molar-refractivity contribution in [2.24, 2.45) is 5.16 Å². The lowest BCUT2D eigenvalue weighted by atomic mass is 10.0. The predicted octanol–water partition coefficient (Wildman–Crippen LogP) is 2.91. The number of amidine groups is 1. The molecule has 0 N–H and O–H groups in total. The van der Waals surface area contributed by atoms with Crippen LogP contribution >= 0.6 is 0 Å². The minimum atomic E-state index is -0.385. The molecule has 7 heteroatoms. The topological polar surface area (TPSA) is 71.2 Å². The van der Waals surface area contributed by atoms with E-state index in [1.807, 2.05) is 42.4 Å². The molecule has 2 aromatic rings. The van der Waals surface area contributed by atoms with E-state index in [1.54, 1.807) is 24.3 Å². The lowest BCUT2D eigenvalue weighted by Crippen LogP contribution is -2.41. The number of nitro groups is 1. The van der Waals surface area contributed by atoms with Gasteiger partial charge in [-0.05, 0) is 5.56 Å². The molecule has 0 aromatic heterocycles. The van der Waals surface area contributed by atoms with Crippen LogP contribution in [0, 0.1) is 10.1 Å². The van der Waals surface area contributed by atoms with Crippen molar-refractivity contribution in [3.05, 3.63) is 75.8 Å². The molecule has 0 unspecified atom stereocenters. The average molecular weight is 324 g/mol. The van der Waals surface area contributed by atoms with E-state index in [0.29, 0.717) is 0 Å². The molecule has 2 heterocycles. The average Bonchev–Trinajstić information content (AvgIpc) is 3.16. The van der Waals surface area contributed by atoms with Gasteiger partial charge in [0.25, 0.3) is 5.69 Å². The molecule has 1 saturated heterocycles. The standard InChI is InChI=1S/C17H16N4O3/c1-19-15(12-7-9-14(10-8-12)21(22)23)11-16-20(19)17(18-24-16)13-5-3-2-4-6-13/h2-10,15-16H,11H2,1H3/t15-,16-/m0/s1. The zero-order valence-electron chi connectivity index (χ0n) is 13.1. The van der Waals surface area contributed by atoms with E-state index in [0.717, 1.165) is 23.4 Å². The third-order valence-electron chi connectivity index (χ3n) is 4.49. The van der Waals surface area contributed by atoms with Gasteiger partial charge in [0.15, 0.2) is 5.84 Å². The van der Waals surface area contributed by atoms with E-state index in [4.69, 9.17) is 4.84 Å². The summed E-state index contributed by atoms with van der Waals surface area (Å²) in [6.07, 6.45) is 0.596. The second-order valence-electron chi connectivity index (χ2n) is 5.86. The number of benzene rings is 2. The molecule has 0 radical (unpaired) electrons. The van der Waals surface area contributed by atoms with Crippen molar-refractivity contribution in [2.75, 3.05) is 7.05 Å². The fraction of sp³-hybridized carbons (Fsp3) is 0.235. The molecule has 4 rings (SSSR count). The highest BCUT2D eigenvalue weighted by Crippen LogP contribution is 2.39. The molecule has 2 aliphatic rings. The Bertz CT molecular complexity index is 791. The van der Waals surface area contributed by atoms with Crippen LogP contribution in [0.4, 0.5) is 5.69 Å². The first-order chi connectivity index (χ1) is 11.6. The minimum Gasteiger partial charge on any atom is -0.367 e. The molecule has 0 aliphatic carbocycles. The van der Waals surface area contributed by atoms with Crippen LogP contribution in [0.15, 0.2) is 59.8 Å². The second-order valence-corrected chi connectivity index (χ2v) is 5.86. The lowest BCUT2D eigenvalue weighted by Gasteiger charge is -2.28. The second kappa shape index (κ2) is 5.61. The smallest absolute Gasteiger partial charge is 0.269 e. The van der Waals surface area contributed by atoms with Gasteiger partial charge in [0.1, 0.15) is 0 Å². The number of nitro benzene ring substituents is 1. The third kappa shape index (κ3) is 2.30. The SMILES string of the molecule is CN1[C@H](c2ccc([N+](=O)[O-])cc2)C[C@@H]2ON=C(c3ccccc3)N21. The van der Waals surface area contributed by atoms with Crippen LogP contribution in [0.1, 0.15) is 23.6 Å². The number of oxime groups is 1. The molecule has 24 heavy (non-hydrogen) atoms. The molecule has 7 nitrogen and oxygen atoms in total. The summed E-state index contributed by atoms with van der Waals surface area (Å²) < 4.78 is 0. The van der Waals surface area contributed by atoms with E-state index >= 15 is 0 Å². The van der Waals surface area contributed by atoms with Gasteiger partial charge < -0.3 is 4.84 Å². The number of nitrogens with zero attached hydrogens (tertiary/aromatic N) is 4. The molecule has 0 amide bonds. The van der Waals surface area contributed by atoms with Crippen LogP contribution in [-0.4, -0.2) is 34.1 Å². The number of hydrogen-bond donors (Lipinski definition) is 0. The molecule has 0 saturated carbocycles. The highest BCUT2D eigenvalue weighted by Gasteiger charge is 2.45. The quantitative estimate of drug-likeness (QED) is 0.641. The number of hydrazine groups is 1. The number of hydrogen-bond acceptors (Lipinski definition) is 6. The summed E-state index contributed by atoms with van der Waals surface area (Å²) >= 11 is 0. The van der Waals surface area contributed by atoms with E-state index in [-0.39, 0.29) is 22.9 Å². The summed E-state index contributed by atoms with van der Waals surface area (Å²) in [5, 5.41) is 19.2. The Kier molecular flexibility index (Phi) is 3.42. The van der Waals surface area contributed by atoms with Crippen LogP contribution in [0.2, 0.25) is 0 Å². The van der Waals surface area contributed by atoms with Crippen molar-refractivity contribution in [3.8, 4) is 0 Å². The van der Waals surface area contributed by atoms with Crippen LogP contribution in [-0.2, 0) is 4.84 Å². The predicted molar refractivity (Wildman–Crippen MR) is 87.9 cm³/mol. The normalized spacial score (nSPS) is 22.9. The van der Waals surface area contributed by atoms with Gasteiger partial charge in [0, 0.05) is 31.2 Å². The van der Waals surface area contributed by atoms with Crippen LogP contribution < -0.4 is 0 Å². The maximum absolute atomic E-state index is 10.8. The molecule has 2 atom stereocenters. The van der Waals surface area contributed by atoms with Gasteiger partial charge in [0.05, 0.1) is 11.0 Å². The Labute approximate surface area is 138 Å². The number of non-ortho nitro benzene ring substituents is 1. The van der Waals surface area contributed by atoms with Crippen LogP contribution in [0.5, 0.6) is 0 Å². The molecule has 2 aromatic carbocycles. The van der Waals surface area contributed by atoms with Gasteiger partial charge >= 0.3 is 0 Å². The van der Waals surface area contributed by atoms with Crippen LogP contribution in [0.3, 0.4) is 0 Å².